The van der Waals surface area contributed by atoms with Crippen LogP contribution in [0.1, 0.15) is 0 Å². The van der Waals surface area contributed by atoms with E-state index in [0.717, 1.165) is 0 Å². The van der Waals surface area contributed by atoms with Gasteiger partial charge >= 0.3 is 0 Å². The molecule has 0 radical (unpaired) electrons. The van der Waals surface area contributed by atoms with Crippen LogP contribution in [0.4, 0.5) is 4.79 Å². The molecule has 1 rings (SSSR count). The van der Waals surface area contributed by atoms with Crippen LogP contribution in [-0.4, -0.2) is 29.3 Å². The first kappa shape index (κ1) is 16.5. The molecule has 0 aromatic carbocycles. The number of nitrogens with zero attached hydrogens (tertiary/aromatic N) is 2. The highest BCUT2D eigenvalue weighted by Crippen LogP contribution is 1.98. The van der Waals surface area contributed by atoms with E-state index in [9.17, 15) is 4.79 Å². The molecule has 1 heterocycles. The normalized spacial score (nSPS) is 7.93. The molecule has 15 heavy (non-hydrogen) atoms. The number of aromatic hydroxyl groups is 1. The number of hydrogen-bond donors (Lipinski definition) is 1. The molecule has 0 saturated heterocycles. The third kappa shape index (κ3) is 9.42. The van der Waals surface area contributed by atoms with Crippen LogP contribution < -0.4 is 21.5 Å². The summed E-state index contributed by atoms with van der Waals surface area (Å²) in [4.78, 5) is 11.2. The molecule has 1 aromatic heterocycles. The standard InChI is InChI=1S/C6H7NO.C3H7NOS.BrH/c1-7-4-2-3-6(8)5-7;1-4(2)3(5)6;/h2-5H,1H3;1-2H3,(H,5,6);1H/p-1. The van der Waals surface area contributed by atoms with Crippen LogP contribution in [0.15, 0.2) is 24.5 Å². The number of halogens is 1. The lowest BCUT2D eigenvalue weighted by atomic mass is 10.5. The third-order valence-electron chi connectivity index (χ3n) is 1.29. The second-order valence-electron chi connectivity index (χ2n) is 2.89. The molecular formula is C9H14BrN2O2S-. The molecule has 0 fully saturated rings. The van der Waals surface area contributed by atoms with E-state index in [4.69, 9.17) is 5.11 Å². The maximum atomic E-state index is 9.88. The SMILES string of the molecule is CN(C)C(=O)[S-].C[n+]1cccc(O)c1.[Br-]. The number of aryl methyl sites for hydroxylation is 1. The summed E-state index contributed by atoms with van der Waals surface area (Å²) in [6, 6.07) is 3.43. The number of amides is 1. The summed E-state index contributed by atoms with van der Waals surface area (Å²) in [5.41, 5.74) is 0. The fraction of sp³-hybridized carbons (Fsp3) is 0.333. The second kappa shape index (κ2) is 8.43. The minimum atomic E-state index is -0.324. The molecule has 0 unspecified atom stereocenters. The molecule has 0 aliphatic heterocycles. The molecule has 0 atom stereocenters. The zero-order valence-corrected chi connectivity index (χ0v) is 11.2. The number of carbonyl (C=O) groups is 1. The van der Waals surface area contributed by atoms with Crippen LogP contribution in [0.2, 0.25) is 0 Å². The predicted molar refractivity (Wildman–Crippen MR) is 55.7 cm³/mol. The Bertz CT molecular complexity index is 291. The first-order valence-corrected chi connectivity index (χ1v) is 4.37. The Balaban J connectivity index is 0. The first-order valence-electron chi connectivity index (χ1n) is 3.96. The second-order valence-corrected chi connectivity index (χ2v) is 3.24. The van der Waals surface area contributed by atoms with Gasteiger partial charge in [0.25, 0.3) is 0 Å². The van der Waals surface area contributed by atoms with Crippen molar-refractivity contribution in [2.24, 2.45) is 7.05 Å². The van der Waals surface area contributed by atoms with E-state index >= 15 is 0 Å². The molecule has 1 amide bonds. The summed E-state index contributed by atoms with van der Waals surface area (Å²) in [6.07, 6.45) is 3.50. The molecule has 0 saturated carbocycles. The van der Waals surface area contributed by atoms with Gasteiger partial charge in [0.2, 0.25) is 6.20 Å². The fourth-order valence-corrected chi connectivity index (χ4v) is 0.572. The Hall–Kier alpha value is -0.880. The lowest BCUT2D eigenvalue weighted by Crippen LogP contribution is -3.00. The highest BCUT2D eigenvalue weighted by Gasteiger charge is 1.89. The van der Waals surface area contributed by atoms with Crippen molar-refractivity contribution in [3.63, 3.8) is 0 Å². The van der Waals surface area contributed by atoms with Gasteiger partial charge < -0.3 is 44.4 Å². The largest absolute Gasteiger partial charge is 1.00 e. The highest BCUT2D eigenvalue weighted by molar-refractivity contribution is 7.76. The average molecular weight is 294 g/mol. The molecular weight excluding hydrogens is 280 g/mol. The number of pyridine rings is 1. The Morgan fingerprint density at radius 3 is 2.20 bits per heavy atom. The zero-order chi connectivity index (χ0) is 11.1. The lowest BCUT2D eigenvalue weighted by molar-refractivity contribution is -0.671. The van der Waals surface area contributed by atoms with Crippen LogP contribution in [0, 0.1) is 0 Å². The van der Waals surface area contributed by atoms with Gasteiger partial charge in [0.1, 0.15) is 12.3 Å². The van der Waals surface area contributed by atoms with Crippen molar-refractivity contribution in [3.05, 3.63) is 24.5 Å². The van der Waals surface area contributed by atoms with Crippen LogP contribution >= 0.6 is 0 Å². The van der Waals surface area contributed by atoms with Gasteiger partial charge in [-0.05, 0) is 6.07 Å². The van der Waals surface area contributed by atoms with E-state index in [0.29, 0.717) is 5.75 Å². The van der Waals surface area contributed by atoms with Gasteiger partial charge in [0.05, 0.1) is 0 Å². The van der Waals surface area contributed by atoms with E-state index in [1.807, 2.05) is 13.2 Å². The van der Waals surface area contributed by atoms with Crippen molar-refractivity contribution >= 4 is 17.9 Å². The molecule has 0 spiro atoms. The highest BCUT2D eigenvalue weighted by atomic mass is 79.9. The summed E-state index contributed by atoms with van der Waals surface area (Å²) < 4.78 is 1.79. The van der Waals surface area contributed by atoms with Gasteiger partial charge in [0, 0.05) is 20.2 Å². The minimum Gasteiger partial charge on any atom is -1.00 e. The van der Waals surface area contributed by atoms with Gasteiger partial charge in [-0.3, -0.25) is 0 Å². The molecule has 0 aliphatic carbocycles. The van der Waals surface area contributed by atoms with Crippen molar-refractivity contribution in [2.75, 3.05) is 14.1 Å². The van der Waals surface area contributed by atoms with E-state index < -0.39 is 0 Å². The fourth-order valence-electron chi connectivity index (χ4n) is 0.572. The molecule has 0 aliphatic rings. The van der Waals surface area contributed by atoms with E-state index in [-0.39, 0.29) is 22.2 Å². The quantitative estimate of drug-likeness (QED) is 0.423. The summed E-state index contributed by atoms with van der Waals surface area (Å²) in [7, 11) is 5.10. The number of carbonyl (C=O) groups excluding carboxylic acids is 1. The summed E-state index contributed by atoms with van der Waals surface area (Å²) in [5, 5.41) is 8.47. The van der Waals surface area contributed by atoms with E-state index in [1.54, 1.807) is 37.0 Å². The average Bonchev–Trinajstić information content (AvgIpc) is 2.04. The Kier molecular flexibility index (Phi) is 9.30. The molecule has 86 valence electrons. The van der Waals surface area contributed by atoms with Crippen molar-refractivity contribution in [1.29, 1.82) is 0 Å². The van der Waals surface area contributed by atoms with Gasteiger partial charge in [-0.2, -0.15) is 0 Å². The maximum absolute atomic E-state index is 9.88. The van der Waals surface area contributed by atoms with Gasteiger partial charge in [0.15, 0.2) is 11.9 Å². The van der Waals surface area contributed by atoms with Crippen LogP contribution in [0.3, 0.4) is 0 Å². The van der Waals surface area contributed by atoms with Crippen LogP contribution in [0.25, 0.3) is 0 Å². The van der Waals surface area contributed by atoms with Gasteiger partial charge in [-0.1, -0.05) is 0 Å². The maximum Gasteiger partial charge on any atom is 0.210 e. The van der Waals surface area contributed by atoms with E-state index in [1.165, 1.54) is 4.90 Å². The van der Waals surface area contributed by atoms with Crippen molar-refractivity contribution < 1.29 is 31.4 Å². The van der Waals surface area contributed by atoms with Crippen LogP contribution in [0.5, 0.6) is 5.75 Å². The van der Waals surface area contributed by atoms with Crippen molar-refractivity contribution in [1.82, 2.24) is 4.90 Å². The topological polar surface area (TPSA) is 44.4 Å². The Labute approximate surface area is 106 Å². The first-order chi connectivity index (χ1) is 6.43. The summed E-state index contributed by atoms with van der Waals surface area (Å²) >= 11 is 4.19. The molecule has 6 heteroatoms. The smallest absolute Gasteiger partial charge is 0.210 e. The Morgan fingerprint density at radius 1 is 1.53 bits per heavy atom. The molecule has 1 N–H and O–H groups in total. The molecule has 4 nitrogen and oxygen atoms in total. The van der Waals surface area contributed by atoms with Gasteiger partial charge in [-0.15, -0.1) is 0 Å². The predicted octanol–water partition coefficient (Wildman–Crippen LogP) is -2.56. The van der Waals surface area contributed by atoms with E-state index in [2.05, 4.69) is 12.6 Å². The number of hydrogen-bond acceptors (Lipinski definition) is 3. The van der Waals surface area contributed by atoms with Crippen LogP contribution in [-0.2, 0) is 19.7 Å². The molecule has 1 aromatic rings. The Morgan fingerprint density at radius 2 is 2.00 bits per heavy atom. The lowest BCUT2D eigenvalue weighted by Gasteiger charge is -2.12. The van der Waals surface area contributed by atoms with Gasteiger partial charge in [-0.25, -0.2) is 4.57 Å². The summed E-state index contributed by atoms with van der Waals surface area (Å²) in [6.45, 7) is 0. The molecule has 0 bridgehead atoms. The van der Waals surface area contributed by atoms with Crippen molar-refractivity contribution in [2.45, 2.75) is 0 Å². The monoisotopic (exact) mass is 293 g/mol. The summed E-state index contributed by atoms with van der Waals surface area (Å²) in [5.74, 6) is 0.301. The minimum absolute atomic E-state index is 0. The number of rotatable bonds is 0. The number of aromatic nitrogens is 1. The van der Waals surface area contributed by atoms with Crippen molar-refractivity contribution in [3.8, 4) is 5.75 Å². The third-order valence-corrected chi connectivity index (χ3v) is 1.65. The zero-order valence-electron chi connectivity index (χ0n) is 8.85.